The monoisotopic (exact) mass is 225 g/mol. The van der Waals surface area contributed by atoms with Crippen LogP contribution in [0.25, 0.3) is 0 Å². The minimum atomic E-state index is -0.422. The van der Waals surface area contributed by atoms with Crippen LogP contribution in [0.5, 0.6) is 0 Å². The second kappa shape index (κ2) is 4.61. The van der Waals surface area contributed by atoms with Crippen molar-refractivity contribution in [3.05, 3.63) is 12.2 Å². The molecule has 0 saturated heterocycles. The van der Waals surface area contributed by atoms with Crippen LogP contribution in [-0.2, 0) is 16.8 Å². The number of likely N-dealkylation sites (N-methyl/N-ethyl adjacent to an activating group) is 1. The Balaban J connectivity index is 2.76. The molecular weight excluding hydrogens is 206 g/mol. The number of hydrogen-bond acceptors (Lipinski definition) is 4. The van der Waals surface area contributed by atoms with Gasteiger partial charge < -0.3 is 11.1 Å². The molecule has 6 heteroatoms. The molecule has 1 unspecified atom stereocenters. The fourth-order valence-electron chi connectivity index (χ4n) is 1.24. The standard InChI is InChI=1S/C10H19N5O/c1-10(2,3)9-13-6-15(14-9)5-7(12-4)8(11)16/h6-7,12H,5H2,1-4H3,(H2,11,16). The highest BCUT2D eigenvalue weighted by Gasteiger charge is 2.20. The second-order valence-corrected chi connectivity index (χ2v) is 4.78. The third kappa shape index (κ3) is 3.03. The van der Waals surface area contributed by atoms with Crippen LogP contribution >= 0.6 is 0 Å². The fraction of sp³-hybridized carbons (Fsp3) is 0.700. The number of aromatic nitrogens is 3. The Labute approximate surface area is 95.2 Å². The summed E-state index contributed by atoms with van der Waals surface area (Å²) in [5.74, 6) is 0.363. The highest BCUT2D eigenvalue weighted by molar-refractivity contribution is 5.79. The molecule has 0 aromatic carbocycles. The lowest BCUT2D eigenvalue weighted by molar-refractivity contribution is -0.120. The zero-order valence-corrected chi connectivity index (χ0v) is 10.2. The Morgan fingerprint density at radius 1 is 1.62 bits per heavy atom. The third-order valence-electron chi connectivity index (χ3n) is 2.27. The van der Waals surface area contributed by atoms with Gasteiger partial charge in [0.05, 0.1) is 6.54 Å². The van der Waals surface area contributed by atoms with Gasteiger partial charge in [-0.1, -0.05) is 20.8 Å². The molecule has 0 aliphatic rings. The fourth-order valence-corrected chi connectivity index (χ4v) is 1.24. The molecular formula is C10H19N5O. The van der Waals surface area contributed by atoms with Crippen LogP contribution in [0.15, 0.2) is 6.33 Å². The Morgan fingerprint density at radius 3 is 2.62 bits per heavy atom. The Morgan fingerprint density at radius 2 is 2.25 bits per heavy atom. The number of hydrogen-bond donors (Lipinski definition) is 2. The number of amides is 1. The van der Waals surface area contributed by atoms with E-state index in [1.165, 1.54) is 0 Å². The van der Waals surface area contributed by atoms with E-state index in [2.05, 4.69) is 15.4 Å². The molecule has 6 nitrogen and oxygen atoms in total. The minimum absolute atomic E-state index is 0.0902. The maximum Gasteiger partial charge on any atom is 0.236 e. The summed E-state index contributed by atoms with van der Waals surface area (Å²) in [6, 6.07) is -0.422. The van der Waals surface area contributed by atoms with Crippen LogP contribution in [0.4, 0.5) is 0 Å². The number of rotatable bonds is 4. The molecule has 90 valence electrons. The van der Waals surface area contributed by atoms with Crippen molar-refractivity contribution in [2.24, 2.45) is 5.73 Å². The topological polar surface area (TPSA) is 85.8 Å². The third-order valence-corrected chi connectivity index (χ3v) is 2.27. The predicted octanol–water partition coefficient (Wildman–Crippen LogP) is -0.351. The van der Waals surface area contributed by atoms with Crippen LogP contribution in [0, 0.1) is 0 Å². The first-order chi connectivity index (χ1) is 7.34. The molecule has 1 amide bonds. The van der Waals surface area contributed by atoms with E-state index in [1.54, 1.807) is 18.1 Å². The van der Waals surface area contributed by atoms with Gasteiger partial charge in [-0.3, -0.25) is 9.48 Å². The van der Waals surface area contributed by atoms with Crippen LogP contribution in [0.3, 0.4) is 0 Å². The molecule has 1 aromatic rings. The maximum atomic E-state index is 11.0. The van der Waals surface area contributed by atoms with Crippen molar-refractivity contribution in [3.8, 4) is 0 Å². The molecule has 1 atom stereocenters. The van der Waals surface area contributed by atoms with Gasteiger partial charge in [-0.15, -0.1) is 0 Å². The molecule has 0 spiro atoms. The van der Waals surface area contributed by atoms with E-state index in [1.807, 2.05) is 20.8 Å². The lowest BCUT2D eigenvalue weighted by atomic mass is 9.96. The average Bonchev–Trinajstić information content (AvgIpc) is 2.61. The van der Waals surface area contributed by atoms with Crippen molar-refractivity contribution in [2.45, 2.75) is 38.8 Å². The van der Waals surface area contributed by atoms with Gasteiger partial charge in [0.1, 0.15) is 12.4 Å². The summed E-state index contributed by atoms with van der Waals surface area (Å²) in [6.07, 6.45) is 1.62. The van der Waals surface area contributed by atoms with Gasteiger partial charge in [0, 0.05) is 5.41 Å². The van der Waals surface area contributed by atoms with Gasteiger partial charge in [0.25, 0.3) is 0 Å². The van der Waals surface area contributed by atoms with Crippen molar-refractivity contribution >= 4 is 5.91 Å². The highest BCUT2D eigenvalue weighted by Crippen LogP contribution is 2.16. The van der Waals surface area contributed by atoms with Gasteiger partial charge in [0.15, 0.2) is 5.82 Å². The Kier molecular flexibility index (Phi) is 3.64. The van der Waals surface area contributed by atoms with E-state index in [-0.39, 0.29) is 5.41 Å². The number of nitrogens with one attached hydrogen (secondary N) is 1. The van der Waals surface area contributed by atoms with E-state index >= 15 is 0 Å². The summed E-state index contributed by atoms with van der Waals surface area (Å²) >= 11 is 0. The highest BCUT2D eigenvalue weighted by atomic mass is 16.1. The molecule has 0 bridgehead atoms. The zero-order valence-electron chi connectivity index (χ0n) is 10.2. The second-order valence-electron chi connectivity index (χ2n) is 4.78. The van der Waals surface area contributed by atoms with Crippen LogP contribution in [0.1, 0.15) is 26.6 Å². The number of nitrogens with zero attached hydrogens (tertiary/aromatic N) is 3. The summed E-state index contributed by atoms with van der Waals surface area (Å²) < 4.78 is 1.63. The van der Waals surface area contributed by atoms with Crippen molar-refractivity contribution in [1.82, 2.24) is 20.1 Å². The molecule has 16 heavy (non-hydrogen) atoms. The van der Waals surface area contributed by atoms with Crippen LogP contribution in [0.2, 0.25) is 0 Å². The predicted molar refractivity (Wildman–Crippen MR) is 60.8 cm³/mol. The minimum Gasteiger partial charge on any atom is -0.368 e. The number of nitrogens with two attached hydrogens (primary N) is 1. The molecule has 0 radical (unpaired) electrons. The van der Waals surface area contributed by atoms with Crippen molar-refractivity contribution in [1.29, 1.82) is 0 Å². The number of carbonyl (C=O) groups excluding carboxylic acids is 1. The SMILES string of the molecule is CNC(Cn1cnc(C(C)(C)C)n1)C(N)=O. The quantitative estimate of drug-likeness (QED) is 0.733. The molecule has 3 N–H and O–H groups in total. The lowest BCUT2D eigenvalue weighted by Crippen LogP contribution is -2.42. The van der Waals surface area contributed by atoms with E-state index < -0.39 is 11.9 Å². The summed E-state index contributed by atoms with van der Waals surface area (Å²) in [5.41, 5.74) is 5.13. The van der Waals surface area contributed by atoms with Gasteiger partial charge in [-0.2, -0.15) is 5.10 Å². The van der Waals surface area contributed by atoms with Crippen LogP contribution < -0.4 is 11.1 Å². The summed E-state index contributed by atoms with van der Waals surface area (Å²) in [7, 11) is 1.69. The van der Waals surface area contributed by atoms with E-state index in [4.69, 9.17) is 5.73 Å². The molecule has 0 saturated carbocycles. The van der Waals surface area contributed by atoms with Gasteiger partial charge in [0.2, 0.25) is 5.91 Å². The van der Waals surface area contributed by atoms with Gasteiger partial charge >= 0.3 is 0 Å². The Bertz CT molecular complexity index is 366. The number of carbonyl (C=O) groups is 1. The largest absolute Gasteiger partial charge is 0.368 e. The molecule has 1 rings (SSSR count). The summed E-state index contributed by atoms with van der Waals surface area (Å²) in [4.78, 5) is 15.2. The van der Waals surface area contributed by atoms with Gasteiger partial charge in [-0.05, 0) is 7.05 Å². The molecule has 0 fully saturated rings. The molecule has 0 aliphatic carbocycles. The smallest absolute Gasteiger partial charge is 0.236 e. The van der Waals surface area contributed by atoms with Crippen molar-refractivity contribution < 1.29 is 4.79 Å². The molecule has 1 aromatic heterocycles. The Hall–Kier alpha value is -1.43. The average molecular weight is 225 g/mol. The normalized spacial score (nSPS) is 13.8. The maximum absolute atomic E-state index is 11.0. The summed E-state index contributed by atoms with van der Waals surface area (Å²) in [5, 5.41) is 7.14. The first-order valence-electron chi connectivity index (χ1n) is 5.21. The molecule has 1 heterocycles. The molecule has 0 aliphatic heterocycles. The van der Waals surface area contributed by atoms with Crippen molar-refractivity contribution in [2.75, 3.05) is 7.05 Å². The first-order valence-corrected chi connectivity index (χ1v) is 5.21. The van der Waals surface area contributed by atoms with Crippen molar-refractivity contribution in [3.63, 3.8) is 0 Å². The lowest BCUT2D eigenvalue weighted by Gasteiger charge is -2.13. The first kappa shape index (κ1) is 12.6. The van der Waals surface area contributed by atoms with E-state index in [0.717, 1.165) is 5.82 Å². The summed E-state index contributed by atoms with van der Waals surface area (Å²) in [6.45, 7) is 6.51. The van der Waals surface area contributed by atoms with E-state index in [0.29, 0.717) is 6.54 Å². The number of primary amides is 1. The van der Waals surface area contributed by atoms with E-state index in [9.17, 15) is 4.79 Å². The van der Waals surface area contributed by atoms with Crippen LogP contribution in [-0.4, -0.2) is 33.8 Å². The zero-order chi connectivity index (χ0) is 12.3. The van der Waals surface area contributed by atoms with Gasteiger partial charge in [-0.25, -0.2) is 4.98 Å².